The fourth-order valence-corrected chi connectivity index (χ4v) is 2.13. The van der Waals surface area contributed by atoms with Crippen LogP contribution in [0.2, 0.25) is 5.02 Å². The number of rotatable bonds is 4. The molecule has 0 aliphatic rings. The number of carbonyl (C=O) groups is 1. The Labute approximate surface area is 122 Å². The van der Waals surface area contributed by atoms with Crippen LogP contribution in [0.15, 0.2) is 24.4 Å². The molecule has 0 fully saturated rings. The Balaban J connectivity index is 2.28. The maximum absolute atomic E-state index is 12.4. The Kier molecular flexibility index (Phi) is 4.29. The summed E-state index contributed by atoms with van der Waals surface area (Å²) < 4.78 is 1.66. The summed E-state index contributed by atoms with van der Waals surface area (Å²) in [6.07, 6.45) is 1.77. The van der Waals surface area contributed by atoms with Gasteiger partial charge in [-0.15, -0.1) is 0 Å². The highest BCUT2D eigenvalue weighted by atomic mass is 35.5. The zero-order valence-corrected chi connectivity index (χ0v) is 12.5. The first-order chi connectivity index (χ1) is 9.51. The topological polar surface area (TPSA) is 59.0 Å². The van der Waals surface area contributed by atoms with Gasteiger partial charge in [0.2, 0.25) is 0 Å². The largest absolute Gasteiger partial charge is 0.385 e. The second-order valence-corrected chi connectivity index (χ2v) is 4.91. The van der Waals surface area contributed by atoms with Crippen LogP contribution in [0, 0.1) is 6.92 Å². The van der Waals surface area contributed by atoms with Crippen LogP contribution in [0.5, 0.6) is 0 Å². The second-order valence-electron chi connectivity index (χ2n) is 4.48. The Morgan fingerprint density at radius 2 is 2.15 bits per heavy atom. The zero-order valence-electron chi connectivity index (χ0n) is 11.7. The van der Waals surface area contributed by atoms with Crippen molar-refractivity contribution in [3.8, 4) is 0 Å². The second kappa shape index (κ2) is 5.96. The lowest BCUT2D eigenvalue weighted by atomic mass is 10.1. The first-order valence-electron chi connectivity index (χ1n) is 6.36. The molecule has 0 bridgehead atoms. The molecule has 0 aliphatic heterocycles. The first kappa shape index (κ1) is 14.4. The number of anilines is 2. The van der Waals surface area contributed by atoms with E-state index in [1.54, 1.807) is 29.1 Å². The number of carbonyl (C=O) groups excluding carboxylic acids is 1. The van der Waals surface area contributed by atoms with Crippen LogP contribution in [-0.4, -0.2) is 22.2 Å². The molecule has 2 rings (SSSR count). The molecule has 1 aromatic carbocycles. The van der Waals surface area contributed by atoms with Gasteiger partial charge in [-0.3, -0.25) is 9.48 Å². The molecule has 0 aliphatic carbocycles. The highest BCUT2D eigenvalue weighted by Crippen LogP contribution is 2.22. The number of benzene rings is 1. The third-order valence-electron chi connectivity index (χ3n) is 2.86. The monoisotopic (exact) mass is 292 g/mol. The molecule has 0 saturated heterocycles. The van der Waals surface area contributed by atoms with Crippen molar-refractivity contribution in [3.63, 3.8) is 0 Å². The molecular formula is C14H17ClN4O. The Morgan fingerprint density at radius 3 is 2.75 bits per heavy atom. The van der Waals surface area contributed by atoms with Gasteiger partial charge >= 0.3 is 0 Å². The Hall–Kier alpha value is -2.01. The van der Waals surface area contributed by atoms with E-state index in [-0.39, 0.29) is 5.91 Å². The Bertz CT molecular complexity index is 636. The molecule has 0 radical (unpaired) electrons. The van der Waals surface area contributed by atoms with Gasteiger partial charge in [0.25, 0.3) is 5.91 Å². The van der Waals surface area contributed by atoms with Crippen molar-refractivity contribution < 1.29 is 4.79 Å². The average Bonchev–Trinajstić information content (AvgIpc) is 2.70. The van der Waals surface area contributed by atoms with Crippen LogP contribution in [0.25, 0.3) is 0 Å². The van der Waals surface area contributed by atoms with Gasteiger partial charge in [0.05, 0.1) is 16.9 Å². The molecule has 1 aromatic heterocycles. The maximum Gasteiger partial charge on any atom is 0.257 e. The van der Waals surface area contributed by atoms with Crippen LogP contribution in [0.4, 0.5) is 11.4 Å². The van der Waals surface area contributed by atoms with Crippen LogP contribution in [0.1, 0.15) is 23.0 Å². The number of hydrogen-bond acceptors (Lipinski definition) is 3. The van der Waals surface area contributed by atoms with Crippen molar-refractivity contribution >= 4 is 28.9 Å². The average molecular weight is 293 g/mol. The number of halogens is 1. The van der Waals surface area contributed by atoms with E-state index in [1.165, 1.54) is 0 Å². The molecule has 0 spiro atoms. The molecule has 2 aromatic rings. The van der Waals surface area contributed by atoms with E-state index < -0.39 is 0 Å². The predicted octanol–water partition coefficient (Wildman–Crippen LogP) is 3.07. The molecule has 2 N–H and O–H groups in total. The van der Waals surface area contributed by atoms with Gasteiger partial charge in [-0.1, -0.05) is 11.6 Å². The highest BCUT2D eigenvalue weighted by molar-refractivity contribution is 6.31. The minimum atomic E-state index is -0.209. The molecule has 0 saturated carbocycles. The number of amides is 1. The standard InChI is InChI=1S/C14H17ClN4O/c1-4-16-12-6-5-10(15)7-11(12)14(20)17-13-8-19(3)18-9(13)2/h5-8,16H,4H2,1-3H3,(H,17,20). The minimum absolute atomic E-state index is 0.209. The van der Waals surface area contributed by atoms with E-state index in [1.807, 2.05) is 20.9 Å². The van der Waals surface area contributed by atoms with Crippen molar-refractivity contribution in [2.75, 3.05) is 17.2 Å². The quantitative estimate of drug-likeness (QED) is 0.910. The summed E-state index contributed by atoms with van der Waals surface area (Å²) in [6.45, 7) is 4.55. The third kappa shape index (κ3) is 3.11. The molecule has 1 amide bonds. The SMILES string of the molecule is CCNc1ccc(Cl)cc1C(=O)Nc1cn(C)nc1C. The fourth-order valence-electron chi connectivity index (χ4n) is 1.96. The van der Waals surface area contributed by atoms with Gasteiger partial charge in [-0.25, -0.2) is 0 Å². The summed E-state index contributed by atoms with van der Waals surface area (Å²) in [4.78, 5) is 12.4. The van der Waals surface area contributed by atoms with Crippen molar-refractivity contribution in [2.45, 2.75) is 13.8 Å². The third-order valence-corrected chi connectivity index (χ3v) is 3.09. The van der Waals surface area contributed by atoms with E-state index in [0.29, 0.717) is 16.3 Å². The molecule has 6 heteroatoms. The molecule has 5 nitrogen and oxygen atoms in total. The number of nitrogens with zero attached hydrogens (tertiary/aromatic N) is 2. The van der Waals surface area contributed by atoms with E-state index in [4.69, 9.17) is 11.6 Å². The summed E-state index contributed by atoms with van der Waals surface area (Å²) >= 11 is 5.98. The molecule has 20 heavy (non-hydrogen) atoms. The number of aryl methyl sites for hydroxylation is 2. The van der Waals surface area contributed by atoms with Crippen molar-refractivity contribution in [1.82, 2.24) is 9.78 Å². The van der Waals surface area contributed by atoms with E-state index in [0.717, 1.165) is 17.9 Å². The van der Waals surface area contributed by atoms with Crippen molar-refractivity contribution in [1.29, 1.82) is 0 Å². The number of nitrogens with one attached hydrogen (secondary N) is 2. The van der Waals surface area contributed by atoms with Crippen molar-refractivity contribution in [2.24, 2.45) is 7.05 Å². The van der Waals surface area contributed by atoms with Gasteiger partial charge in [-0.2, -0.15) is 5.10 Å². The van der Waals surface area contributed by atoms with Crippen LogP contribution in [-0.2, 0) is 7.05 Å². The van der Waals surface area contributed by atoms with Gasteiger partial charge < -0.3 is 10.6 Å². The number of aromatic nitrogens is 2. The summed E-state index contributed by atoms with van der Waals surface area (Å²) in [5.41, 5.74) is 2.74. The molecule has 1 heterocycles. The molecule has 0 atom stereocenters. The molecule has 106 valence electrons. The van der Waals surface area contributed by atoms with E-state index in [2.05, 4.69) is 15.7 Å². The Morgan fingerprint density at radius 1 is 1.40 bits per heavy atom. The normalized spacial score (nSPS) is 10.4. The van der Waals surface area contributed by atoms with E-state index >= 15 is 0 Å². The lowest BCUT2D eigenvalue weighted by Crippen LogP contribution is -2.15. The van der Waals surface area contributed by atoms with Gasteiger partial charge in [-0.05, 0) is 32.0 Å². The van der Waals surface area contributed by atoms with E-state index in [9.17, 15) is 4.79 Å². The predicted molar refractivity (Wildman–Crippen MR) is 81.5 cm³/mol. The maximum atomic E-state index is 12.4. The first-order valence-corrected chi connectivity index (χ1v) is 6.74. The summed E-state index contributed by atoms with van der Waals surface area (Å²) in [5.74, 6) is -0.209. The van der Waals surface area contributed by atoms with Gasteiger partial charge in [0, 0.05) is 30.5 Å². The highest BCUT2D eigenvalue weighted by Gasteiger charge is 2.14. The summed E-state index contributed by atoms with van der Waals surface area (Å²) in [6, 6.07) is 5.21. The van der Waals surface area contributed by atoms with Crippen LogP contribution < -0.4 is 10.6 Å². The lowest BCUT2D eigenvalue weighted by molar-refractivity contribution is 0.102. The van der Waals surface area contributed by atoms with Gasteiger partial charge in [0.1, 0.15) is 0 Å². The lowest BCUT2D eigenvalue weighted by Gasteiger charge is -2.11. The van der Waals surface area contributed by atoms with Crippen LogP contribution in [0.3, 0.4) is 0 Å². The molecular weight excluding hydrogens is 276 g/mol. The smallest absolute Gasteiger partial charge is 0.257 e. The minimum Gasteiger partial charge on any atom is -0.385 e. The summed E-state index contributed by atoms with van der Waals surface area (Å²) in [5, 5.41) is 10.7. The molecule has 0 unspecified atom stereocenters. The van der Waals surface area contributed by atoms with Crippen molar-refractivity contribution in [3.05, 3.63) is 40.7 Å². The van der Waals surface area contributed by atoms with Gasteiger partial charge in [0.15, 0.2) is 0 Å². The summed E-state index contributed by atoms with van der Waals surface area (Å²) in [7, 11) is 1.81. The number of hydrogen-bond donors (Lipinski definition) is 2. The van der Waals surface area contributed by atoms with Crippen LogP contribution >= 0.6 is 11.6 Å². The fraction of sp³-hybridized carbons (Fsp3) is 0.286. The zero-order chi connectivity index (χ0) is 14.7.